The molecule has 0 bridgehead atoms. The van der Waals surface area contributed by atoms with Crippen molar-refractivity contribution in [1.29, 1.82) is 0 Å². The molecule has 2 rings (SSSR count). The molecule has 2 heteroatoms. The monoisotopic (exact) mass is 197 g/mol. The molecule has 2 saturated carbocycles. The van der Waals surface area contributed by atoms with Gasteiger partial charge in [-0.1, -0.05) is 12.8 Å². The second-order valence-electron chi connectivity index (χ2n) is 5.10. The van der Waals surface area contributed by atoms with Crippen LogP contribution >= 0.6 is 0 Å². The Hall–Kier alpha value is -0.0800. The molecule has 82 valence electrons. The van der Waals surface area contributed by atoms with E-state index in [1.165, 1.54) is 32.1 Å². The third-order valence-corrected chi connectivity index (χ3v) is 4.06. The lowest BCUT2D eigenvalue weighted by molar-refractivity contribution is 0.138. The topological polar surface area (TPSA) is 32.3 Å². The molecule has 0 amide bonds. The van der Waals surface area contributed by atoms with Gasteiger partial charge in [0.2, 0.25) is 0 Å². The van der Waals surface area contributed by atoms with E-state index < -0.39 is 0 Å². The lowest BCUT2D eigenvalue weighted by Crippen LogP contribution is -2.44. The van der Waals surface area contributed by atoms with Crippen LogP contribution in [0.2, 0.25) is 0 Å². The van der Waals surface area contributed by atoms with Crippen molar-refractivity contribution in [3.05, 3.63) is 0 Å². The van der Waals surface area contributed by atoms with Gasteiger partial charge in [0.05, 0.1) is 6.10 Å². The average molecular weight is 197 g/mol. The van der Waals surface area contributed by atoms with Crippen LogP contribution in [0.25, 0.3) is 0 Å². The fourth-order valence-corrected chi connectivity index (χ4v) is 3.07. The van der Waals surface area contributed by atoms with Crippen molar-refractivity contribution in [2.24, 2.45) is 5.92 Å². The van der Waals surface area contributed by atoms with Gasteiger partial charge in [0, 0.05) is 12.1 Å². The first kappa shape index (κ1) is 10.4. The molecule has 0 saturated heterocycles. The van der Waals surface area contributed by atoms with Crippen LogP contribution in [0.15, 0.2) is 0 Å². The molecule has 0 radical (unpaired) electrons. The number of hydrogen-bond acceptors (Lipinski definition) is 2. The molecule has 0 unspecified atom stereocenters. The van der Waals surface area contributed by atoms with Gasteiger partial charge in [-0.25, -0.2) is 0 Å². The van der Waals surface area contributed by atoms with Crippen molar-refractivity contribution in [2.75, 3.05) is 0 Å². The van der Waals surface area contributed by atoms with Crippen molar-refractivity contribution < 1.29 is 5.11 Å². The summed E-state index contributed by atoms with van der Waals surface area (Å²) < 4.78 is 0. The Labute approximate surface area is 87.1 Å². The summed E-state index contributed by atoms with van der Waals surface area (Å²) in [5.74, 6) is 0.864. The van der Waals surface area contributed by atoms with Crippen LogP contribution in [-0.4, -0.2) is 23.3 Å². The molecule has 0 aromatic carbocycles. The fourth-order valence-electron chi connectivity index (χ4n) is 3.07. The van der Waals surface area contributed by atoms with E-state index in [9.17, 15) is 5.11 Å². The van der Waals surface area contributed by atoms with Crippen LogP contribution in [0.1, 0.15) is 51.9 Å². The van der Waals surface area contributed by atoms with Gasteiger partial charge in [0.25, 0.3) is 0 Å². The Kier molecular flexibility index (Phi) is 3.45. The van der Waals surface area contributed by atoms with Gasteiger partial charge in [0.15, 0.2) is 0 Å². The second kappa shape index (κ2) is 4.63. The number of aliphatic hydroxyl groups excluding tert-OH is 1. The van der Waals surface area contributed by atoms with Gasteiger partial charge >= 0.3 is 0 Å². The molecule has 2 N–H and O–H groups in total. The molecule has 2 aliphatic rings. The summed E-state index contributed by atoms with van der Waals surface area (Å²) in [5, 5.41) is 13.3. The maximum absolute atomic E-state index is 9.72. The quantitative estimate of drug-likeness (QED) is 0.726. The van der Waals surface area contributed by atoms with E-state index in [0.29, 0.717) is 12.1 Å². The predicted octanol–water partition coefficient (Wildman–Crippen LogP) is 2.07. The summed E-state index contributed by atoms with van der Waals surface area (Å²) in [6.07, 6.45) is 8.85. The highest BCUT2D eigenvalue weighted by atomic mass is 16.3. The van der Waals surface area contributed by atoms with Gasteiger partial charge in [-0.2, -0.15) is 0 Å². The number of hydrogen-bond donors (Lipinski definition) is 2. The van der Waals surface area contributed by atoms with E-state index in [2.05, 4.69) is 12.2 Å². The summed E-state index contributed by atoms with van der Waals surface area (Å²) in [6, 6.07) is 0.987. The maximum atomic E-state index is 9.72. The highest BCUT2D eigenvalue weighted by molar-refractivity contribution is 4.87. The molecule has 2 aliphatic carbocycles. The van der Waals surface area contributed by atoms with Crippen molar-refractivity contribution in [2.45, 2.75) is 70.1 Å². The lowest BCUT2D eigenvalue weighted by Gasteiger charge is -2.26. The van der Waals surface area contributed by atoms with Crippen molar-refractivity contribution in [3.63, 3.8) is 0 Å². The van der Waals surface area contributed by atoms with Crippen LogP contribution in [0.3, 0.4) is 0 Å². The number of rotatable bonds is 3. The summed E-state index contributed by atoms with van der Waals surface area (Å²) >= 11 is 0. The maximum Gasteiger partial charge on any atom is 0.0693 e. The van der Waals surface area contributed by atoms with Gasteiger partial charge in [-0.05, 0) is 44.9 Å². The first-order chi connectivity index (χ1) is 6.77. The largest absolute Gasteiger partial charge is 0.392 e. The third-order valence-electron chi connectivity index (χ3n) is 4.06. The van der Waals surface area contributed by atoms with E-state index in [0.717, 1.165) is 18.8 Å². The zero-order valence-electron chi connectivity index (χ0n) is 9.21. The lowest BCUT2D eigenvalue weighted by atomic mass is 9.98. The molecule has 3 atom stereocenters. The van der Waals surface area contributed by atoms with Crippen LogP contribution in [0, 0.1) is 5.92 Å². The van der Waals surface area contributed by atoms with Gasteiger partial charge in [-0.15, -0.1) is 0 Å². The van der Waals surface area contributed by atoms with E-state index in [4.69, 9.17) is 0 Å². The Morgan fingerprint density at radius 2 is 1.79 bits per heavy atom. The molecule has 0 spiro atoms. The van der Waals surface area contributed by atoms with E-state index in [-0.39, 0.29) is 6.10 Å². The minimum Gasteiger partial charge on any atom is -0.392 e. The first-order valence-corrected chi connectivity index (χ1v) is 6.21. The number of nitrogens with one attached hydrogen (secondary N) is 1. The summed E-state index contributed by atoms with van der Waals surface area (Å²) in [6.45, 7) is 2.29. The Morgan fingerprint density at radius 1 is 1.07 bits per heavy atom. The molecule has 0 aromatic rings. The van der Waals surface area contributed by atoms with Crippen LogP contribution < -0.4 is 5.32 Å². The SMILES string of the molecule is C[C@@H](N[C@@H]1CCC[C@H]1O)C1CCCC1. The van der Waals surface area contributed by atoms with Crippen LogP contribution in [-0.2, 0) is 0 Å². The van der Waals surface area contributed by atoms with E-state index >= 15 is 0 Å². The Morgan fingerprint density at radius 3 is 2.36 bits per heavy atom. The average Bonchev–Trinajstić information content (AvgIpc) is 2.77. The minimum atomic E-state index is -0.0844. The zero-order valence-corrected chi connectivity index (χ0v) is 9.21. The van der Waals surface area contributed by atoms with Gasteiger partial charge in [0.1, 0.15) is 0 Å². The highest BCUT2D eigenvalue weighted by Gasteiger charge is 2.29. The standard InChI is InChI=1S/C12H23NO/c1-9(10-5-2-3-6-10)13-11-7-4-8-12(11)14/h9-14H,2-8H2,1H3/t9-,11-,12-/m1/s1. The third kappa shape index (κ3) is 2.29. The molecule has 2 nitrogen and oxygen atoms in total. The Bertz CT molecular complexity index is 177. The smallest absolute Gasteiger partial charge is 0.0693 e. The second-order valence-corrected chi connectivity index (χ2v) is 5.10. The van der Waals surface area contributed by atoms with E-state index in [1.54, 1.807) is 0 Å². The predicted molar refractivity (Wildman–Crippen MR) is 58.2 cm³/mol. The molecule has 2 fully saturated rings. The molecule has 0 heterocycles. The van der Waals surface area contributed by atoms with Crippen molar-refractivity contribution in [1.82, 2.24) is 5.32 Å². The normalized spacial score (nSPS) is 36.4. The first-order valence-electron chi connectivity index (χ1n) is 6.21. The van der Waals surface area contributed by atoms with Crippen LogP contribution in [0.4, 0.5) is 0 Å². The summed E-state index contributed by atoms with van der Waals surface area (Å²) in [5.41, 5.74) is 0. The zero-order chi connectivity index (χ0) is 9.97. The Balaban J connectivity index is 1.78. The van der Waals surface area contributed by atoms with Crippen molar-refractivity contribution in [3.8, 4) is 0 Å². The van der Waals surface area contributed by atoms with Crippen LogP contribution in [0.5, 0.6) is 0 Å². The summed E-state index contributed by atoms with van der Waals surface area (Å²) in [7, 11) is 0. The van der Waals surface area contributed by atoms with Gasteiger partial charge < -0.3 is 10.4 Å². The highest BCUT2D eigenvalue weighted by Crippen LogP contribution is 2.29. The van der Waals surface area contributed by atoms with Crippen molar-refractivity contribution >= 4 is 0 Å². The summed E-state index contributed by atoms with van der Waals surface area (Å²) in [4.78, 5) is 0. The molecule has 0 aromatic heterocycles. The minimum absolute atomic E-state index is 0.0844. The number of aliphatic hydroxyl groups is 1. The molecular weight excluding hydrogens is 174 g/mol. The molecular formula is C12H23NO. The van der Waals surface area contributed by atoms with Gasteiger partial charge in [-0.3, -0.25) is 0 Å². The molecule has 14 heavy (non-hydrogen) atoms. The van der Waals surface area contributed by atoms with E-state index in [1.807, 2.05) is 0 Å². The fraction of sp³-hybridized carbons (Fsp3) is 1.00. The molecule has 0 aliphatic heterocycles.